The van der Waals surface area contributed by atoms with Crippen molar-refractivity contribution in [2.75, 3.05) is 13.7 Å². The fourth-order valence-electron chi connectivity index (χ4n) is 1.51. The third kappa shape index (κ3) is 4.80. The molecule has 3 heteroatoms. The lowest BCUT2D eigenvalue weighted by Gasteiger charge is -2.18. The number of allylic oxidation sites excluding steroid dienone is 1. The Labute approximate surface area is 109 Å². The maximum atomic E-state index is 9.62. The highest BCUT2D eigenvalue weighted by atomic mass is 16.5. The molecule has 0 aliphatic rings. The molecule has 0 aromatic heterocycles. The molecular formula is C15H22O3. The van der Waals surface area contributed by atoms with Crippen LogP contribution in [0.15, 0.2) is 24.3 Å². The van der Waals surface area contributed by atoms with Crippen LogP contribution in [0.2, 0.25) is 0 Å². The third-order valence-corrected chi connectivity index (χ3v) is 2.52. The van der Waals surface area contributed by atoms with E-state index in [4.69, 9.17) is 9.47 Å². The summed E-state index contributed by atoms with van der Waals surface area (Å²) in [5.41, 5.74) is 0.363. The van der Waals surface area contributed by atoms with Crippen molar-refractivity contribution in [2.45, 2.75) is 32.8 Å². The minimum Gasteiger partial charge on any atom is -0.493 e. The standard InChI is InChI=1S/C15H22O3/c1-5-6-12-7-8-13(14(11-12)17-4)18-10-9-15(2,3)16/h5-8,11,16H,9-10H2,1-4H3. The van der Waals surface area contributed by atoms with Crippen molar-refractivity contribution in [1.82, 2.24) is 0 Å². The van der Waals surface area contributed by atoms with Crippen LogP contribution in [-0.4, -0.2) is 24.4 Å². The normalized spacial score (nSPS) is 11.8. The Morgan fingerprint density at radius 1 is 1.28 bits per heavy atom. The van der Waals surface area contributed by atoms with Gasteiger partial charge in [0.15, 0.2) is 11.5 Å². The van der Waals surface area contributed by atoms with Crippen LogP contribution in [0.4, 0.5) is 0 Å². The minimum absolute atomic E-state index is 0.461. The van der Waals surface area contributed by atoms with Gasteiger partial charge in [-0.2, -0.15) is 0 Å². The number of methoxy groups -OCH3 is 1. The van der Waals surface area contributed by atoms with Crippen LogP contribution in [0.25, 0.3) is 6.08 Å². The van der Waals surface area contributed by atoms with Gasteiger partial charge in [-0.15, -0.1) is 0 Å². The monoisotopic (exact) mass is 250 g/mol. The second kappa shape index (κ2) is 6.45. The number of hydrogen-bond acceptors (Lipinski definition) is 3. The summed E-state index contributed by atoms with van der Waals surface area (Å²) in [6.45, 7) is 5.97. The molecule has 0 fully saturated rings. The van der Waals surface area contributed by atoms with E-state index in [2.05, 4.69) is 0 Å². The van der Waals surface area contributed by atoms with Gasteiger partial charge >= 0.3 is 0 Å². The van der Waals surface area contributed by atoms with Crippen LogP contribution in [0, 0.1) is 0 Å². The van der Waals surface area contributed by atoms with E-state index in [0.717, 1.165) is 5.56 Å². The van der Waals surface area contributed by atoms with E-state index in [-0.39, 0.29) is 0 Å². The summed E-state index contributed by atoms with van der Waals surface area (Å²) < 4.78 is 10.9. The summed E-state index contributed by atoms with van der Waals surface area (Å²) in [5.74, 6) is 1.41. The van der Waals surface area contributed by atoms with E-state index in [0.29, 0.717) is 24.5 Å². The number of aliphatic hydroxyl groups is 1. The van der Waals surface area contributed by atoms with E-state index in [1.807, 2.05) is 37.3 Å². The second-order valence-electron chi connectivity index (χ2n) is 4.82. The summed E-state index contributed by atoms with van der Waals surface area (Å²) in [5, 5.41) is 9.62. The highest BCUT2D eigenvalue weighted by Gasteiger charge is 2.13. The molecule has 0 bridgehead atoms. The molecule has 0 saturated carbocycles. The van der Waals surface area contributed by atoms with Gasteiger partial charge < -0.3 is 14.6 Å². The summed E-state index contributed by atoms with van der Waals surface area (Å²) in [4.78, 5) is 0. The molecule has 0 aliphatic carbocycles. The van der Waals surface area contributed by atoms with Crippen molar-refractivity contribution in [3.63, 3.8) is 0 Å². The van der Waals surface area contributed by atoms with Gasteiger partial charge in [0, 0.05) is 6.42 Å². The average molecular weight is 250 g/mol. The first-order valence-corrected chi connectivity index (χ1v) is 6.12. The Hall–Kier alpha value is -1.48. The molecule has 0 heterocycles. The molecule has 1 aromatic rings. The zero-order valence-electron chi connectivity index (χ0n) is 11.6. The zero-order chi connectivity index (χ0) is 13.6. The summed E-state index contributed by atoms with van der Waals surface area (Å²) in [6.07, 6.45) is 4.56. The van der Waals surface area contributed by atoms with E-state index in [9.17, 15) is 5.11 Å². The van der Waals surface area contributed by atoms with Gasteiger partial charge in [-0.25, -0.2) is 0 Å². The van der Waals surface area contributed by atoms with Gasteiger partial charge in [-0.05, 0) is 38.5 Å². The lowest BCUT2D eigenvalue weighted by atomic mass is 10.1. The molecule has 1 aromatic carbocycles. The molecule has 18 heavy (non-hydrogen) atoms. The van der Waals surface area contributed by atoms with Crippen LogP contribution in [0.5, 0.6) is 11.5 Å². The van der Waals surface area contributed by atoms with Gasteiger partial charge in [0.25, 0.3) is 0 Å². The summed E-state index contributed by atoms with van der Waals surface area (Å²) in [6, 6.07) is 5.79. The molecule has 0 atom stereocenters. The Bertz CT molecular complexity index is 403. The quantitative estimate of drug-likeness (QED) is 0.842. The molecule has 1 rings (SSSR count). The Morgan fingerprint density at radius 3 is 2.56 bits per heavy atom. The Kier molecular flexibility index (Phi) is 5.23. The van der Waals surface area contributed by atoms with E-state index in [1.54, 1.807) is 21.0 Å². The molecule has 0 unspecified atom stereocenters. The average Bonchev–Trinajstić information content (AvgIpc) is 2.29. The SMILES string of the molecule is CC=Cc1ccc(OCCC(C)(C)O)c(OC)c1. The Balaban J connectivity index is 2.71. The van der Waals surface area contributed by atoms with Crippen molar-refractivity contribution in [1.29, 1.82) is 0 Å². The first-order valence-electron chi connectivity index (χ1n) is 6.12. The molecule has 0 amide bonds. The molecule has 1 N–H and O–H groups in total. The van der Waals surface area contributed by atoms with Crippen LogP contribution in [0.3, 0.4) is 0 Å². The van der Waals surface area contributed by atoms with Crippen molar-refractivity contribution >= 4 is 6.08 Å². The van der Waals surface area contributed by atoms with Crippen molar-refractivity contribution in [3.05, 3.63) is 29.8 Å². The van der Waals surface area contributed by atoms with Crippen molar-refractivity contribution < 1.29 is 14.6 Å². The van der Waals surface area contributed by atoms with Crippen molar-refractivity contribution in [2.24, 2.45) is 0 Å². The second-order valence-corrected chi connectivity index (χ2v) is 4.82. The zero-order valence-corrected chi connectivity index (χ0v) is 11.6. The lowest BCUT2D eigenvalue weighted by molar-refractivity contribution is 0.0549. The number of rotatable bonds is 6. The number of benzene rings is 1. The fourth-order valence-corrected chi connectivity index (χ4v) is 1.51. The van der Waals surface area contributed by atoms with E-state index < -0.39 is 5.60 Å². The molecular weight excluding hydrogens is 228 g/mol. The third-order valence-electron chi connectivity index (χ3n) is 2.52. The maximum absolute atomic E-state index is 9.62. The highest BCUT2D eigenvalue weighted by molar-refractivity contribution is 5.55. The van der Waals surface area contributed by atoms with Gasteiger partial charge in [0.1, 0.15) is 0 Å². The van der Waals surface area contributed by atoms with Crippen LogP contribution in [-0.2, 0) is 0 Å². The fraction of sp³-hybridized carbons (Fsp3) is 0.467. The van der Waals surface area contributed by atoms with Gasteiger partial charge in [0.2, 0.25) is 0 Å². The summed E-state index contributed by atoms with van der Waals surface area (Å²) >= 11 is 0. The van der Waals surface area contributed by atoms with Gasteiger partial charge in [0.05, 0.1) is 19.3 Å². The van der Waals surface area contributed by atoms with Gasteiger partial charge in [-0.3, -0.25) is 0 Å². The lowest BCUT2D eigenvalue weighted by Crippen LogP contribution is -2.21. The number of hydrogen-bond donors (Lipinski definition) is 1. The smallest absolute Gasteiger partial charge is 0.161 e. The van der Waals surface area contributed by atoms with Crippen LogP contribution < -0.4 is 9.47 Å². The Morgan fingerprint density at radius 2 is 2.00 bits per heavy atom. The molecule has 100 valence electrons. The molecule has 3 nitrogen and oxygen atoms in total. The van der Waals surface area contributed by atoms with E-state index in [1.165, 1.54) is 0 Å². The van der Waals surface area contributed by atoms with Crippen LogP contribution >= 0.6 is 0 Å². The molecule has 0 radical (unpaired) electrons. The first kappa shape index (κ1) is 14.6. The van der Waals surface area contributed by atoms with Crippen molar-refractivity contribution in [3.8, 4) is 11.5 Å². The number of ether oxygens (including phenoxy) is 2. The summed E-state index contributed by atoms with van der Waals surface area (Å²) in [7, 11) is 1.62. The van der Waals surface area contributed by atoms with Gasteiger partial charge in [-0.1, -0.05) is 18.2 Å². The van der Waals surface area contributed by atoms with E-state index >= 15 is 0 Å². The maximum Gasteiger partial charge on any atom is 0.161 e. The topological polar surface area (TPSA) is 38.7 Å². The predicted octanol–water partition coefficient (Wildman–Crippen LogP) is 3.27. The minimum atomic E-state index is -0.710. The van der Waals surface area contributed by atoms with Crippen LogP contribution in [0.1, 0.15) is 32.8 Å². The molecule has 0 spiro atoms. The molecule has 0 aliphatic heterocycles. The largest absolute Gasteiger partial charge is 0.493 e. The molecule has 0 saturated heterocycles. The highest BCUT2D eigenvalue weighted by Crippen LogP contribution is 2.29. The predicted molar refractivity (Wildman–Crippen MR) is 74.1 cm³/mol. The first-order chi connectivity index (χ1) is 8.46.